The quantitative estimate of drug-likeness (QED) is 0.877. The highest BCUT2D eigenvalue weighted by Gasteiger charge is 2.31. The highest BCUT2D eigenvalue weighted by Crippen LogP contribution is 2.32. The first-order valence-corrected chi connectivity index (χ1v) is 6.77. The maximum absolute atomic E-state index is 12.5. The van der Waals surface area contributed by atoms with Gasteiger partial charge < -0.3 is 5.32 Å². The van der Waals surface area contributed by atoms with Gasteiger partial charge in [0.1, 0.15) is 5.82 Å². The van der Waals surface area contributed by atoms with Gasteiger partial charge in [-0.2, -0.15) is 13.2 Å². The zero-order chi connectivity index (χ0) is 15.5. The van der Waals surface area contributed by atoms with Crippen LogP contribution < -0.4 is 5.32 Å². The molecule has 1 unspecified atom stereocenters. The summed E-state index contributed by atoms with van der Waals surface area (Å²) in [6.07, 6.45) is -2.94. The Morgan fingerprint density at radius 1 is 1.24 bits per heavy atom. The monoisotopic (exact) mass is 314 g/mol. The molecule has 0 amide bonds. The molecule has 21 heavy (non-hydrogen) atoms. The van der Waals surface area contributed by atoms with E-state index in [9.17, 15) is 13.2 Å². The second kappa shape index (κ2) is 6.35. The average molecular weight is 315 g/mol. The van der Waals surface area contributed by atoms with Gasteiger partial charge in [-0.05, 0) is 25.0 Å². The van der Waals surface area contributed by atoms with Crippen LogP contribution in [-0.2, 0) is 12.6 Å². The topological polar surface area (TPSA) is 24.9 Å². The Morgan fingerprint density at radius 3 is 2.48 bits per heavy atom. The van der Waals surface area contributed by atoms with Gasteiger partial charge in [0.15, 0.2) is 0 Å². The number of alkyl halides is 3. The molecule has 2 nitrogen and oxygen atoms in total. The van der Waals surface area contributed by atoms with Crippen LogP contribution in [0.25, 0.3) is 0 Å². The highest BCUT2D eigenvalue weighted by molar-refractivity contribution is 6.33. The van der Waals surface area contributed by atoms with Crippen molar-refractivity contribution in [3.63, 3.8) is 0 Å². The molecule has 1 heterocycles. The Bertz CT molecular complexity index is 600. The number of pyridine rings is 1. The summed E-state index contributed by atoms with van der Waals surface area (Å²) in [4.78, 5) is 3.76. The Hall–Kier alpha value is -1.75. The number of hydrogen-bond acceptors (Lipinski definition) is 2. The summed E-state index contributed by atoms with van der Waals surface area (Å²) in [6.45, 7) is 1.92. The van der Waals surface area contributed by atoms with Crippen LogP contribution in [0, 0.1) is 0 Å². The lowest BCUT2D eigenvalue weighted by Crippen LogP contribution is -2.19. The summed E-state index contributed by atoms with van der Waals surface area (Å²) >= 11 is 5.86. The molecule has 0 spiro atoms. The minimum absolute atomic E-state index is 0.00543. The van der Waals surface area contributed by atoms with Gasteiger partial charge in [0.2, 0.25) is 0 Å². The number of rotatable bonds is 4. The minimum Gasteiger partial charge on any atom is -0.366 e. The van der Waals surface area contributed by atoms with Crippen molar-refractivity contribution in [1.82, 2.24) is 4.98 Å². The number of halogens is 4. The molecular formula is C15H14ClF3N2. The fourth-order valence-electron chi connectivity index (χ4n) is 1.95. The third kappa shape index (κ3) is 4.36. The van der Waals surface area contributed by atoms with Crippen LogP contribution in [0.5, 0.6) is 0 Å². The van der Waals surface area contributed by atoms with E-state index in [1.165, 1.54) is 0 Å². The Morgan fingerprint density at radius 2 is 1.90 bits per heavy atom. The fraction of sp³-hybridized carbons (Fsp3) is 0.267. The molecule has 2 aromatic rings. The van der Waals surface area contributed by atoms with Crippen molar-refractivity contribution in [2.24, 2.45) is 0 Å². The zero-order valence-corrected chi connectivity index (χ0v) is 12.0. The van der Waals surface area contributed by atoms with Gasteiger partial charge in [-0.3, -0.25) is 0 Å². The number of nitrogens with one attached hydrogen (secondary N) is 1. The van der Waals surface area contributed by atoms with Crippen LogP contribution >= 0.6 is 11.6 Å². The zero-order valence-electron chi connectivity index (χ0n) is 11.3. The molecule has 1 aromatic carbocycles. The van der Waals surface area contributed by atoms with E-state index in [4.69, 9.17) is 11.6 Å². The van der Waals surface area contributed by atoms with E-state index < -0.39 is 11.7 Å². The largest absolute Gasteiger partial charge is 0.417 e. The second-order valence-electron chi connectivity index (χ2n) is 4.79. The maximum atomic E-state index is 12.5. The molecule has 112 valence electrons. The average Bonchev–Trinajstić information content (AvgIpc) is 2.41. The lowest BCUT2D eigenvalue weighted by Gasteiger charge is -2.16. The summed E-state index contributed by atoms with van der Waals surface area (Å²) in [5, 5.41) is 2.99. The molecule has 0 aliphatic rings. The number of nitrogens with zero attached hydrogens (tertiary/aromatic N) is 1. The van der Waals surface area contributed by atoms with Gasteiger partial charge >= 0.3 is 6.18 Å². The van der Waals surface area contributed by atoms with Crippen molar-refractivity contribution in [3.8, 4) is 0 Å². The molecule has 0 saturated heterocycles. The third-order valence-electron chi connectivity index (χ3n) is 2.94. The highest BCUT2D eigenvalue weighted by atomic mass is 35.5. The summed E-state index contributed by atoms with van der Waals surface area (Å²) < 4.78 is 37.6. The van der Waals surface area contributed by atoms with Crippen molar-refractivity contribution in [1.29, 1.82) is 0 Å². The molecule has 1 N–H and O–H groups in total. The standard InChI is InChI=1S/C15H14ClF3N2/c1-10(7-11-5-3-2-4-6-11)21-14-13(16)8-12(9-20-14)15(17,18)19/h2-6,8-10H,7H2,1H3,(H,20,21). The molecular weight excluding hydrogens is 301 g/mol. The van der Waals surface area contributed by atoms with Gasteiger partial charge in [0, 0.05) is 12.2 Å². The van der Waals surface area contributed by atoms with Crippen LogP contribution in [-0.4, -0.2) is 11.0 Å². The molecule has 0 fully saturated rings. The normalized spacial score (nSPS) is 13.0. The SMILES string of the molecule is CC(Cc1ccccc1)Nc1ncc(C(F)(F)F)cc1Cl. The first kappa shape index (κ1) is 15.6. The fourth-order valence-corrected chi connectivity index (χ4v) is 2.17. The third-order valence-corrected chi connectivity index (χ3v) is 3.22. The van der Waals surface area contributed by atoms with Gasteiger partial charge in [0.25, 0.3) is 0 Å². The molecule has 0 radical (unpaired) electrons. The summed E-state index contributed by atoms with van der Waals surface area (Å²) in [5.74, 6) is 0.257. The molecule has 1 atom stereocenters. The number of aromatic nitrogens is 1. The van der Waals surface area contributed by atoms with Crippen molar-refractivity contribution in [2.45, 2.75) is 25.6 Å². The Balaban J connectivity index is 2.06. The van der Waals surface area contributed by atoms with Crippen LogP contribution in [0.15, 0.2) is 42.6 Å². The lowest BCUT2D eigenvalue weighted by atomic mass is 10.1. The first-order chi connectivity index (χ1) is 9.86. The van der Waals surface area contributed by atoms with E-state index in [0.717, 1.165) is 24.2 Å². The van der Waals surface area contributed by atoms with Crippen LogP contribution in [0.1, 0.15) is 18.1 Å². The van der Waals surface area contributed by atoms with E-state index in [2.05, 4.69) is 10.3 Å². The maximum Gasteiger partial charge on any atom is 0.417 e. The smallest absolute Gasteiger partial charge is 0.366 e. The molecule has 0 aliphatic heterocycles. The molecule has 0 bridgehead atoms. The predicted octanol–water partition coefficient (Wildman–Crippen LogP) is 4.80. The van der Waals surface area contributed by atoms with Crippen molar-refractivity contribution in [3.05, 3.63) is 58.7 Å². The summed E-state index contributed by atoms with van der Waals surface area (Å²) in [5.41, 5.74) is 0.272. The van der Waals surface area contributed by atoms with E-state index >= 15 is 0 Å². The Kier molecular flexibility index (Phi) is 4.73. The van der Waals surface area contributed by atoms with Crippen molar-refractivity contribution < 1.29 is 13.2 Å². The van der Waals surface area contributed by atoms with E-state index in [1.807, 2.05) is 37.3 Å². The molecule has 0 saturated carbocycles. The van der Waals surface area contributed by atoms with Crippen molar-refractivity contribution >= 4 is 17.4 Å². The first-order valence-electron chi connectivity index (χ1n) is 6.39. The van der Waals surface area contributed by atoms with E-state index in [0.29, 0.717) is 0 Å². The molecule has 6 heteroatoms. The van der Waals surface area contributed by atoms with Crippen molar-refractivity contribution in [2.75, 3.05) is 5.32 Å². The van der Waals surface area contributed by atoms with E-state index in [-0.39, 0.29) is 16.9 Å². The van der Waals surface area contributed by atoms with Crippen LogP contribution in [0.2, 0.25) is 5.02 Å². The molecule has 0 aliphatic carbocycles. The summed E-state index contributed by atoms with van der Waals surface area (Å²) in [6, 6.07) is 10.6. The minimum atomic E-state index is -4.44. The Labute approximate surface area is 126 Å². The van der Waals surface area contributed by atoms with Crippen LogP contribution in [0.4, 0.5) is 19.0 Å². The molecule has 1 aromatic heterocycles. The lowest BCUT2D eigenvalue weighted by molar-refractivity contribution is -0.137. The molecule has 2 rings (SSSR count). The van der Waals surface area contributed by atoms with Gasteiger partial charge in [0.05, 0.1) is 10.6 Å². The second-order valence-corrected chi connectivity index (χ2v) is 5.19. The van der Waals surface area contributed by atoms with Gasteiger partial charge in [-0.15, -0.1) is 0 Å². The summed E-state index contributed by atoms with van der Waals surface area (Å²) in [7, 11) is 0. The van der Waals surface area contributed by atoms with Crippen LogP contribution in [0.3, 0.4) is 0 Å². The number of benzene rings is 1. The predicted molar refractivity (Wildman–Crippen MR) is 77.5 cm³/mol. The van der Waals surface area contributed by atoms with Gasteiger partial charge in [-0.25, -0.2) is 4.98 Å². The number of anilines is 1. The van der Waals surface area contributed by atoms with Gasteiger partial charge in [-0.1, -0.05) is 41.9 Å². The number of hydrogen-bond donors (Lipinski definition) is 1. The van der Waals surface area contributed by atoms with E-state index in [1.54, 1.807) is 0 Å².